The summed E-state index contributed by atoms with van der Waals surface area (Å²) in [4.78, 5) is 15.3. The molecule has 1 aliphatic heterocycles. The molecule has 3 aromatic carbocycles. The van der Waals surface area contributed by atoms with Crippen molar-refractivity contribution in [3.8, 4) is 5.75 Å². The van der Waals surface area contributed by atoms with Crippen LogP contribution < -0.4 is 10.1 Å². The summed E-state index contributed by atoms with van der Waals surface area (Å²) in [6.45, 7) is 5.84. The minimum Gasteiger partial charge on any atom is -0.489 e. The highest BCUT2D eigenvalue weighted by atomic mass is 16.5. The second kappa shape index (κ2) is 10.7. The van der Waals surface area contributed by atoms with E-state index in [2.05, 4.69) is 28.3 Å². The maximum atomic E-state index is 12.8. The lowest BCUT2D eigenvalue weighted by molar-refractivity contribution is -0.115. The van der Waals surface area contributed by atoms with Crippen molar-refractivity contribution in [2.45, 2.75) is 45.4 Å². The van der Waals surface area contributed by atoms with Gasteiger partial charge in [-0.1, -0.05) is 48.5 Å². The molecule has 5 rings (SSSR count). The van der Waals surface area contributed by atoms with Gasteiger partial charge in [0.15, 0.2) is 0 Å². The molecule has 0 radical (unpaired) electrons. The van der Waals surface area contributed by atoms with Crippen molar-refractivity contribution in [3.05, 3.63) is 90.1 Å². The molecule has 1 amide bonds. The molecule has 6 nitrogen and oxygen atoms in total. The van der Waals surface area contributed by atoms with E-state index in [9.17, 15) is 4.79 Å². The number of carbonyl (C=O) groups excluding carboxylic acids is 1. The Morgan fingerprint density at radius 2 is 1.83 bits per heavy atom. The van der Waals surface area contributed by atoms with Crippen LogP contribution in [0.2, 0.25) is 0 Å². The summed E-state index contributed by atoms with van der Waals surface area (Å²) in [6.07, 6.45) is 4.72. The van der Waals surface area contributed by atoms with Gasteiger partial charge in [0.2, 0.25) is 5.91 Å². The molecule has 4 aromatic rings. The Labute approximate surface area is 206 Å². The Morgan fingerprint density at radius 3 is 2.60 bits per heavy atom. The summed E-state index contributed by atoms with van der Waals surface area (Å²) < 4.78 is 7.89. The molecular formula is C29H32N4O2. The number of aromatic nitrogens is 2. The highest BCUT2D eigenvalue weighted by Crippen LogP contribution is 2.24. The van der Waals surface area contributed by atoms with Crippen LogP contribution in [0.25, 0.3) is 10.9 Å². The predicted molar refractivity (Wildman–Crippen MR) is 140 cm³/mol. The fraction of sp³-hybridized carbons (Fsp3) is 0.310. The van der Waals surface area contributed by atoms with Gasteiger partial charge in [0, 0.05) is 18.0 Å². The smallest absolute Gasteiger partial charge is 0.228 e. The minimum absolute atomic E-state index is 0.0471. The third-order valence-corrected chi connectivity index (χ3v) is 6.79. The van der Waals surface area contributed by atoms with E-state index < -0.39 is 0 Å². The number of anilines is 1. The first-order valence-electron chi connectivity index (χ1n) is 12.4. The third-order valence-electron chi connectivity index (χ3n) is 6.79. The number of hydrogen-bond donors (Lipinski definition) is 1. The first-order valence-corrected chi connectivity index (χ1v) is 12.4. The van der Waals surface area contributed by atoms with E-state index in [-0.39, 0.29) is 5.91 Å². The van der Waals surface area contributed by atoms with Crippen LogP contribution in [0.4, 0.5) is 5.69 Å². The lowest BCUT2D eigenvalue weighted by Crippen LogP contribution is -2.30. The molecule has 0 spiro atoms. The molecule has 1 atom stereocenters. The molecule has 1 saturated heterocycles. The van der Waals surface area contributed by atoms with Gasteiger partial charge in [0.05, 0.1) is 30.4 Å². The molecular weight excluding hydrogens is 436 g/mol. The van der Waals surface area contributed by atoms with Gasteiger partial charge in [-0.3, -0.25) is 14.4 Å². The lowest BCUT2D eigenvalue weighted by atomic mass is 10.1. The number of carbonyl (C=O) groups is 1. The van der Waals surface area contributed by atoms with Crippen molar-refractivity contribution >= 4 is 22.5 Å². The molecule has 0 aliphatic carbocycles. The molecule has 6 heteroatoms. The number of nitrogens with zero attached hydrogens (tertiary/aromatic N) is 3. The zero-order valence-electron chi connectivity index (χ0n) is 20.2. The Bertz CT molecular complexity index is 1270. The Balaban J connectivity index is 1.17. The van der Waals surface area contributed by atoms with E-state index in [1.54, 1.807) is 0 Å². The quantitative estimate of drug-likeness (QED) is 0.363. The van der Waals surface area contributed by atoms with Crippen LogP contribution in [0.15, 0.2) is 79.0 Å². The van der Waals surface area contributed by atoms with Gasteiger partial charge >= 0.3 is 0 Å². The normalized spacial score (nSPS) is 16.0. The highest BCUT2D eigenvalue weighted by molar-refractivity contribution is 6.01. The van der Waals surface area contributed by atoms with Crippen LogP contribution in [0, 0.1) is 0 Å². The second-order valence-electron chi connectivity index (χ2n) is 9.28. The summed E-state index contributed by atoms with van der Waals surface area (Å²) in [7, 11) is 0. The summed E-state index contributed by atoms with van der Waals surface area (Å²) in [5.41, 5.74) is 3.92. The standard InChI is InChI=1S/C29H32N4O2/c1-22-7-6-16-32(22)17-18-33-28-11-5-10-27(26(28)20-30-33)31-29(34)19-23-12-14-25(15-13-23)35-21-24-8-3-2-4-9-24/h2-5,8-15,20,22H,6-7,16-19,21H2,1H3,(H,31,34)/t22-/m1/s1. The highest BCUT2D eigenvalue weighted by Gasteiger charge is 2.20. The Kier molecular flexibility index (Phi) is 7.09. The maximum absolute atomic E-state index is 12.8. The molecule has 0 bridgehead atoms. The monoisotopic (exact) mass is 468 g/mol. The van der Waals surface area contributed by atoms with Gasteiger partial charge in [-0.15, -0.1) is 0 Å². The molecule has 1 fully saturated rings. The van der Waals surface area contributed by atoms with Crippen LogP contribution in [0.5, 0.6) is 5.75 Å². The molecule has 180 valence electrons. The molecule has 1 N–H and O–H groups in total. The number of hydrogen-bond acceptors (Lipinski definition) is 4. The zero-order chi connectivity index (χ0) is 24.0. The van der Waals surface area contributed by atoms with Gasteiger partial charge in [-0.25, -0.2) is 0 Å². The molecule has 1 aliphatic rings. The third kappa shape index (κ3) is 5.72. The van der Waals surface area contributed by atoms with E-state index in [4.69, 9.17) is 4.74 Å². The number of ether oxygens (including phenoxy) is 1. The van der Waals surface area contributed by atoms with Gasteiger partial charge in [0.1, 0.15) is 12.4 Å². The van der Waals surface area contributed by atoms with Gasteiger partial charge in [-0.2, -0.15) is 5.10 Å². The van der Waals surface area contributed by atoms with E-state index in [1.807, 2.05) is 77.6 Å². The summed E-state index contributed by atoms with van der Waals surface area (Å²) in [5.74, 6) is 0.743. The molecule has 0 saturated carbocycles. The predicted octanol–water partition coefficient (Wildman–Crippen LogP) is 5.28. The fourth-order valence-electron chi connectivity index (χ4n) is 4.76. The molecule has 35 heavy (non-hydrogen) atoms. The van der Waals surface area contributed by atoms with E-state index >= 15 is 0 Å². The number of benzene rings is 3. The van der Waals surface area contributed by atoms with Crippen LogP contribution in [-0.4, -0.2) is 39.7 Å². The van der Waals surface area contributed by atoms with Crippen molar-refractivity contribution in [1.82, 2.24) is 14.7 Å². The molecule has 0 unspecified atom stereocenters. The maximum Gasteiger partial charge on any atom is 0.228 e. The van der Waals surface area contributed by atoms with Crippen LogP contribution in [0.1, 0.15) is 30.9 Å². The van der Waals surface area contributed by atoms with Crippen molar-refractivity contribution in [2.75, 3.05) is 18.4 Å². The number of nitrogens with one attached hydrogen (secondary N) is 1. The number of likely N-dealkylation sites (tertiary alicyclic amines) is 1. The average molecular weight is 469 g/mol. The first-order chi connectivity index (χ1) is 17.2. The second-order valence-corrected chi connectivity index (χ2v) is 9.28. The number of amides is 1. The van der Waals surface area contributed by atoms with Gasteiger partial charge in [-0.05, 0) is 61.7 Å². The summed E-state index contributed by atoms with van der Waals surface area (Å²) in [5, 5.41) is 8.66. The fourth-order valence-corrected chi connectivity index (χ4v) is 4.76. The van der Waals surface area contributed by atoms with Crippen LogP contribution in [0.3, 0.4) is 0 Å². The van der Waals surface area contributed by atoms with E-state index in [1.165, 1.54) is 19.4 Å². The minimum atomic E-state index is -0.0471. The van der Waals surface area contributed by atoms with Gasteiger partial charge in [0.25, 0.3) is 0 Å². The zero-order valence-corrected chi connectivity index (χ0v) is 20.2. The largest absolute Gasteiger partial charge is 0.489 e. The lowest BCUT2D eigenvalue weighted by Gasteiger charge is -2.20. The SMILES string of the molecule is C[C@@H]1CCCN1CCn1ncc2c(NC(=O)Cc3ccc(OCc4ccccc4)cc3)cccc21. The van der Waals surface area contributed by atoms with Crippen LogP contribution >= 0.6 is 0 Å². The Hall–Kier alpha value is -3.64. The van der Waals surface area contributed by atoms with Crippen molar-refractivity contribution in [1.29, 1.82) is 0 Å². The van der Waals surface area contributed by atoms with Crippen molar-refractivity contribution in [3.63, 3.8) is 0 Å². The first kappa shape index (κ1) is 23.1. The van der Waals surface area contributed by atoms with Gasteiger partial charge < -0.3 is 10.1 Å². The summed E-state index contributed by atoms with van der Waals surface area (Å²) >= 11 is 0. The topological polar surface area (TPSA) is 59.4 Å². The average Bonchev–Trinajstić information content (AvgIpc) is 3.49. The molecule has 2 heterocycles. The van der Waals surface area contributed by atoms with E-state index in [0.717, 1.165) is 46.6 Å². The molecule has 1 aromatic heterocycles. The summed E-state index contributed by atoms with van der Waals surface area (Å²) in [6, 6.07) is 24.4. The van der Waals surface area contributed by atoms with Crippen LogP contribution in [-0.2, 0) is 24.4 Å². The van der Waals surface area contributed by atoms with Crippen molar-refractivity contribution in [2.24, 2.45) is 0 Å². The van der Waals surface area contributed by atoms with E-state index in [0.29, 0.717) is 19.1 Å². The Morgan fingerprint density at radius 1 is 1.00 bits per heavy atom. The van der Waals surface area contributed by atoms with Crippen molar-refractivity contribution < 1.29 is 9.53 Å². The number of rotatable bonds is 9. The number of fused-ring (bicyclic) bond motifs is 1.